The molecule has 0 unspecified atom stereocenters. The number of rotatable bonds is 9. The fraction of sp³-hybridized carbons (Fsp3) is 0.115. The highest BCUT2D eigenvalue weighted by Gasteiger charge is 2.13. The summed E-state index contributed by atoms with van der Waals surface area (Å²) in [6, 6.07) is 22.8. The number of phenols is 1. The third-order valence-electron chi connectivity index (χ3n) is 5.08. The van der Waals surface area contributed by atoms with Crippen molar-refractivity contribution >= 4 is 17.3 Å². The average Bonchev–Trinajstić information content (AvgIpc) is 2.86. The Hall–Kier alpha value is -4.43. The maximum absolute atomic E-state index is 11.0. The van der Waals surface area contributed by atoms with Gasteiger partial charge in [0.25, 0.3) is 0 Å². The Morgan fingerprint density at radius 3 is 1.91 bits per heavy atom. The Morgan fingerprint density at radius 2 is 1.35 bits per heavy atom. The van der Waals surface area contributed by atoms with Gasteiger partial charge in [-0.05, 0) is 66.7 Å². The minimum Gasteiger partial charge on any atom is -0.508 e. The average molecular weight is 454 g/mol. The van der Waals surface area contributed by atoms with Crippen LogP contribution in [0.4, 0.5) is 11.4 Å². The number of aromatic carboxylic acids is 1. The lowest BCUT2D eigenvalue weighted by Crippen LogP contribution is -2.23. The van der Waals surface area contributed by atoms with Crippen molar-refractivity contribution in [3.05, 3.63) is 114 Å². The van der Waals surface area contributed by atoms with E-state index in [1.54, 1.807) is 42.7 Å². The molecule has 2 N–H and O–H groups in total. The van der Waals surface area contributed by atoms with Gasteiger partial charge in [-0.1, -0.05) is 12.1 Å². The molecule has 0 saturated heterocycles. The Labute approximate surface area is 196 Å². The molecule has 0 atom stereocenters. The molecule has 0 spiro atoms. The molecule has 170 valence electrons. The summed E-state index contributed by atoms with van der Waals surface area (Å²) in [7, 11) is 0. The lowest BCUT2D eigenvalue weighted by molar-refractivity contribution is 0.0697. The summed E-state index contributed by atoms with van der Waals surface area (Å²) < 4.78 is 0. The van der Waals surface area contributed by atoms with Gasteiger partial charge in [0.05, 0.1) is 28.3 Å². The number of carbonyl (C=O) groups is 1. The molecular weight excluding hydrogens is 430 g/mol. The minimum atomic E-state index is -0.993. The van der Waals surface area contributed by atoms with E-state index in [-0.39, 0.29) is 11.3 Å². The lowest BCUT2D eigenvalue weighted by Gasteiger charge is -2.22. The van der Waals surface area contributed by atoms with Crippen LogP contribution in [-0.2, 0) is 19.6 Å². The van der Waals surface area contributed by atoms with Crippen molar-refractivity contribution in [1.82, 2.24) is 14.9 Å². The Morgan fingerprint density at radius 1 is 0.765 bits per heavy atom. The molecule has 4 rings (SSSR count). The molecular formula is C26H23N5O3. The molecule has 0 saturated carbocycles. The molecule has 0 amide bonds. The number of benzene rings is 2. The molecule has 0 fully saturated rings. The Bertz CT molecular complexity index is 1220. The number of carboxylic acids is 1. The highest BCUT2D eigenvalue weighted by molar-refractivity contribution is 5.87. The van der Waals surface area contributed by atoms with Crippen LogP contribution in [0.3, 0.4) is 0 Å². The summed E-state index contributed by atoms with van der Waals surface area (Å²) in [5, 5.41) is 27.9. The minimum absolute atomic E-state index is 0.164. The number of aromatic hydroxyl groups is 1. The third-order valence-corrected chi connectivity index (χ3v) is 5.08. The molecule has 8 heteroatoms. The SMILES string of the molecule is O=C(O)c1ccc(N=Nc2ccc(O)c(CN(Cc3ccccn3)Cc3ccccn3)c2)cc1. The number of carboxylic acid groups (broad SMARTS) is 1. The van der Waals surface area contributed by atoms with Gasteiger partial charge >= 0.3 is 5.97 Å². The first-order chi connectivity index (χ1) is 16.6. The summed E-state index contributed by atoms with van der Waals surface area (Å²) in [5.74, 6) is -0.829. The fourth-order valence-corrected chi connectivity index (χ4v) is 3.40. The number of hydrogen-bond acceptors (Lipinski definition) is 7. The van der Waals surface area contributed by atoms with Crippen molar-refractivity contribution in [3.63, 3.8) is 0 Å². The summed E-state index contributed by atoms with van der Waals surface area (Å²) in [6.07, 6.45) is 3.52. The Balaban J connectivity index is 1.53. The van der Waals surface area contributed by atoms with E-state index in [1.807, 2.05) is 36.4 Å². The van der Waals surface area contributed by atoms with E-state index >= 15 is 0 Å². The van der Waals surface area contributed by atoms with Crippen LogP contribution in [0, 0.1) is 0 Å². The number of pyridine rings is 2. The van der Waals surface area contributed by atoms with Crippen molar-refractivity contribution in [1.29, 1.82) is 0 Å². The number of aromatic nitrogens is 2. The van der Waals surface area contributed by atoms with Gasteiger partial charge in [-0.2, -0.15) is 10.2 Å². The van der Waals surface area contributed by atoms with Crippen molar-refractivity contribution in [2.24, 2.45) is 10.2 Å². The second kappa shape index (κ2) is 10.9. The Kier molecular flexibility index (Phi) is 7.32. The lowest BCUT2D eigenvalue weighted by atomic mass is 10.1. The van der Waals surface area contributed by atoms with E-state index in [0.29, 0.717) is 36.6 Å². The zero-order chi connectivity index (χ0) is 23.8. The second-order valence-electron chi connectivity index (χ2n) is 7.65. The number of azo groups is 1. The molecule has 0 aliphatic rings. The summed E-state index contributed by atoms with van der Waals surface area (Å²) in [6.45, 7) is 1.62. The highest BCUT2D eigenvalue weighted by atomic mass is 16.4. The molecule has 2 aromatic carbocycles. The monoisotopic (exact) mass is 453 g/mol. The largest absolute Gasteiger partial charge is 0.508 e. The maximum atomic E-state index is 11.0. The fourth-order valence-electron chi connectivity index (χ4n) is 3.40. The molecule has 0 radical (unpaired) electrons. The summed E-state index contributed by atoms with van der Waals surface area (Å²) >= 11 is 0. The van der Waals surface area contributed by atoms with Crippen molar-refractivity contribution in [3.8, 4) is 5.75 Å². The number of hydrogen-bond donors (Lipinski definition) is 2. The zero-order valence-corrected chi connectivity index (χ0v) is 18.3. The van der Waals surface area contributed by atoms with Crippen LogP contribution in [-0.4, -0.2) is 31.1 Å². The number of nitrogens with zero attached hydrogens (tertiary/aromatic N) is 5. The van der Waals surface area contributed by atoms with Gasteiger partial charge in [-0.3, -0.25) is 14.9 Å². The van der Waals surface area contributed by atoms with E-state index in [9.17, 15) is 9.90 Å². The van der Waals surface area contributed by atoms with E-state index in [0.717, 1.165) is 11.4 Å². The first-order valence-electron chi connectivity index (χ1n) is 10.7. The van der Waals surface area contributed by atoms with E-state index < -0.39 is 5.97 Å². The first kappa shape index (κ1) is 22.8. The van der Waals surface area contributed by atoms with Gasteiger partial charge in [0.15, 0.2) is 0 Å². The van der Waals surface area contributed by atoms with Gasteiger partial charge < -0.3 is 10.2 Å². The summed E-state index contributed by atoms with van der Waals surface area (Å²) in [5.41, 5.74) is 3.82. The van der Waals surface area contributed by atoms with E-state index in [2.05, 4.69) is 25.1 Å². The van der Waals surface area contributed by atoms with Gasteiger partial charge in [0.1, 0.15) is 5.75 Å². The molecule has 4 aromatic rings. The van der Waals surface area contributed by atoms with Crippen LogP contribution >= 0.6 is 0 Å². The smallest absolute Gasteiger partial charge is 0.335 e. The maximum Gasteiger partial charge on any atom is 0.335 e. The van der Waals surface area contributed by atoms with Crippen LogP contribution in [0.2, 0.25) is 0 Å². The van der Waals surface area contributed by atoms with Crippen LogP contribution in [0.1, 0.15) is 27.3 Å². The quantitative estimate of drug-likeness (QED) is 0.324. The van der Waals surface area contributed by atoms with Crippen LogP contribution in [0.25, 0.3) is 0 Å². The topological polar surface area (TPSA) is 111 Å². The van der Waals surface area contributed by atoms with Crippen LogP contribution in [0.15, 0.2) is 101 Å². The predicted octanol–water partition coefficient (Wildman–Crippen LogP) is 5.50. The second-order valence-corrected chi connectivity index (χ2v) is 7.65. The predicted molar refractivity (Wildman–Crippen MR) is 127 cm³/mol. The normalized spacial score (nSPS) is 11.2. The molecule has 0 aliphatic carbocycles. The van der Waals surface area contributed by atoms with Crippen molar-refractivity contribution < 1.29 is 15.0 Å². The van der Waals surface area contributed by atoms with Crippen molar-refractivity contribution in [2.45, 2.75) is 19.6 Å². The zero-order valence-electron chi connectivity index (χ0n) is 18.3. The summed E-state index contributed by atoms with van der Waals surface area (Å²) in [4.78, 5) is 22.0. The van der Waals surface area contributed by atoms with Gasteiger partial charge in [0, 0.05) is 37.6 Å². The molecule has 0 bridgehead atoms. The van der Waals surface area contributed by atoms with Gasteiger partial charge in [-0.15, -0.1) is 0 Å². The standard InChI is InChI=1S/C26H23N5O3/c32-25-12-11-22(30-29-21-9-7-19(8-10-21)26(33)34)15-20(25)16-31(17-23-5-1-3-13-27-23)18-24-6-2-4-14-28-24/h1-15,32H,16-18H2,(H,33,34). The molecule has 2 aromatic heterocycles. The molecule has 8 nitrogen and oxygen atoms in total. The first-order valence-corrected chi connectivity index (χ1v) is 10.7. The van der Waals surface area contributed by atoms with Gasteiger partial charge in [-0.25, -0.2) is 4.79 Å². The van der Waals surface area contributed by atoms with Crippen LogP contribution < -0.4 is 0 Å². The van der Waals surface area contributed by atoms with E-state index in [1.165, 1.54) is 12.1 Å². The molecule has 34 heavy (non-hydrogen) atoms. The van der Waals surface area contributed by atoms with Gasteiger partial charge in [0.2, 0.25) is 0 Å². The third kappa shape index (κ3) is 6.30. The van der Waals surface area contributed by atoms with E-state index in [4.69, 9.17) is 5.11 Å². The highest BCUT2D eigenvalue weighted by Crippen LogP contribution is 2.27. The van der Waals surface area contributed by atoms with Crippen molar-refractivity contribution in [2.75, 3.05) is 0 Å². The van der Waals surface area contributed by atoms with Crippen LogP contribution in [0.5, 0.6) is 5.75 Å². The molecule has 2 heterocycles. The number of phenolic OH excluding ortho intramolecular Hbond substituents is 1. The molecule has 0 aliphatic heterocycles.